The van der Waals surface area contributed by atoms with E-state index in [-0.39, 0.29) is 24.3 Å². The molecule has 0 spiro atoms. The van der Waals surface area contributed by atoms with E-state index in [0.717, 1.165) is 0 Å². The van der Waals surface area contributed by atoms with Gasteiger partial charge in [0.15, 0.2) is 0 Å². The summed E-state index contributed by atoms with van der Waals surface area (Å²) in [5.41, 5.74) is -0.417. The van der Waals surface area contributed by atoms with Crippen LogP contribution in [0, 0.1) is 5.41 Å². The molecule has 100 valence electrons. The standard InChI is InChI=1S/C12H24N2O3/c1-9(8-17-5)14-10(15)6-7-13-11(16)12(2,3)4/h9H,6-8H2,1-5H3,(H,13,16)(H,14,15). The summed E-state index contributed by atoms with van der Waals surface area (Å²) < 4.78 is 4.91. The molecule has 1 unspecified atom stereocenters. The Morgan fingerprint density at radius 3 is 2.35 bits per heavy atom. The third-order valence-corrected chi connectivity index (χ3v) is 2.14. The van der Waals surface area contributed by atoms with Gasteiger partial charge >= 0.3 is 0 Å². The van der Waals surface area contributed by atoms with E-state index in [1.54, 1.807) is 7.11 Å². The highest BCUT2D eigenvalue weighted by atomic mass is 16.5. The zero-order valence-corrected chi connectivity index (χ0v) is 11.4. The monoisotopic (exact) mass is 244 g/mol. The summed E-state index contributed by atoms with van der Waals surface area (Å²) in [6, 6.07) is -0.00850. The van der Waals surface area contributed by atoms with Gasteiger partial charge in [0.05, 0.1) is 6.61 Å². The second-order valence-electron chi connectivity index (χ2n) is 5.18. The first-order valence-electron chi connectivity index (χ1n) is 5.84. The molecule has 0 saturated carbocycles. The Kier molecular flexibility index (Phi) is 6.80. The molecule has 0 aromatic rings. The zero-order valence-electron chi connectivity index (χ0n) is 11.4. The fraction of sp³-hybridized carbons (Fsp3) is 0.833. The maximum atomic E-state index is 11.5. The topological polar surface area (TPSA) is 67.4 Å². The number of rotatable bonds is 6. The Balaban J connectivity index is 3.76. The summed E-state index contributed by atoms with van der Waals surface area (Å²) >= 11 is 0. The van der Waals surface area contributed by atoms with Crippen molar-refractivity contribution < 1.29 is 14.3 Å². The van der Waals surface area contributed by atoms with Crippen LogP contribution in [0.3, 0.4) is 0 Å². The minimum atomic E-state index is -0.417. The molecule has 0 saturated heterocycles. The molecule has 2 amide bonds. The Labute approximate surface area is 103 Å². The van der Waals surface area contributed by atoms with Crippen molar-refractivity contribution in [3.63, 3.8) is 0 Å². The van der Waals surface area contributed by atoms with E-state index in [0.29, 0.717) is 13.2 Å². The van der Waals surface area contributed by atoms with Gasteiger partial charge in [-0.05, 0) is 6.92 Å². The van der Waals surface area contributed by atoms with Crippen molar-refractivity contribution in [3.8, 4) is 0 Å². The number of carbonyl (C=O) groups is 2. The van der Waals surface area contributed by atoms with Crippen LogP contribution in [0.5, 0.6) is 0 Å². The number of amides is 2. The Bertz CT molecular complexity index is 259. The number of ether oxygens (including phenoxy) is 1. The lowest BCUT2D eigenvalue weighted by molar-refractivity contribution is -0.128. The van der Waals surface area contributed by atoms with Gasteiger partial charge in [0, 0.05) is 31.5 Å². The van der Waals surface area contributed by atoms with E-state index in [4.69, 9.17) is 4.74 Å². The Morgan fingerprint density at radius 1 is 1.29 bits per heavy atom. The van der Waals surface area contributed by atoms with Crippen LogP contribution in [0.2, 0.25) is 0 Å². The first-order chi connectivity index (χ1) is 7.77. The molecule has 5 nitrogen and oxygen atoms in total. The summed E-state index contributed by atoms with van der Waals surface area (Å²) in [5, 5.41) is 5.51. The average Bonchev–Trinajstić information content (AvgIpc) is 2.16. The number of methoxy groups -OCH3 is 1. The molecule has 0 aromatic carbocycles. The van der Waals surface area contributed by atoms with Gasteiger partial charge in [-0.2, -0.15) is 0 Å². The maximum Gasteiger partial charge on any atom is 0.225 e. The zero-order chi connectivity index (χ0) is 13.5. The predicted octanol–water partition coefficient (Wildman–Crippen LogP) is 0.690. The highest BCUT2D eigenvalue weighted by Gasteiger charge is 2.20. The third kappa shape index (κ3) is 7.74. The van der Waals surface area contributed by atoms with Crippen LogP contribution >= 0.6 is 0 Å². The second kappa shape index (κ2) is 7.27. The normalized spacial score (nSPS) is 13.0. The number of carbonyl (C=O) groups excluding carboxylic acids is 2. The van der Waals surface area contributed by atoms with Crippen molar-refractivity contribution in [2.24, 2.45) is 5.41 Å². The minimum absolute atomic E-state index is 0.00850. The van der Waals surface area contributed by atoms with Crippen LogP contribution < -0.4 is 10.6 Å². The third-order valence-electron chi connectivity index (χ3n) is 2.14. The molecule has 0 aromatic heterocycles. The molecular weight excluding hydrogens is 220 g/mol. The van der Waals surface area contributed by atoms with Crippen molar-refractivity contribution in [2.75, 3.05) is 20.3 Å². The van der Waals surface area contributed by atoms with E-state index in [9.17, 15) is 9.59 Å². The number of hydrogen-bond donors (Lipinski definition) is 2. The van der Waals surface area contributed by atoms with Crippen molar-refractivity contribution in [2.45, 2.75) is 40.2 Å². The lowest BCUT2D eigenvalue weighted by Crippen LogP contribution is -2.40. The maximum absolute atomic E-state index is 11.5. The highest BCUT2D eigenvalue weighted by Crippen LogP contribution is 2.11. The summed E-state index contributed by atoms with van der Waals surface area (Å²) in [5.74, 6) is -0.126. The highest BCUT2D eigenvalue weighted by molar-refractivity contribution is 5.82. The molecule has 0 fully saturated rings. The van der Waals surface area contributed by atoms with Gasteiger partial charge < -0.3 is 15.4 Å². The quantitative estimate of drug-likeness (QED) is 0.722. The molecule has 0 heterocycles. The van der Waals surface area contributed by atoms with Gasteiger partial charge in [0.25, 0.3) is 0 Å². The van der Waals surface area contributed by atoms with Gasteiger partial charge in [-0.25, -0.2) is 0 Å². The van der Waals surface area contributed by atoms with Crippen molar-refractivity contribution in [1.82, 2.24) is 10.6 Å². The summed E-state index contributed by atoms with van der Waals surface area (Å²) in [6.45, 7) is 8.23. The first-order valence-corrected chi connectivity index (χ1v) is 5.84. The number of nitrogens with one attached hydrogen (secondary N) is 2. The molecule has 17 heavy (non-hydrogen) atoms. The van der Waals surface area contributed by atoms with Crippen molar-refractivity contribution in [3.05, 3.63) is 0 Å². The van der Waals surface area contributed by atoms with Crippen LogP contribution in [-0.2, 0) is 14.3 Å². The lowest BCUT2D eigenvalue weighted by atomic mass is 9.96. The molecule has 1 atom stereocenters. The van der Waals surface area contributed by atoms with Crippen LogP contribution in [0.1, 0.15) is 34.1 Å². The SMILES string of the molecule is COCC(C)NC(=O)CCNC(=O)C(C)(C)C. The van der Waals surface area contributed by atoms with E-state index in [2.05, 4.69) is 10.6 Å². The van der Waals surface area contributed by atoms with Gasteiger partial charge in [0.2, 0.25) is 11.8 Å². The van der Waals surface area contributed by atoms with Crippen LogP contribution in [0.4, 0.5) is 0 Å². The first kappa shape index (κ1) is 15.9. The predicted molar refractivity (Wildman–Crippen MR) is 66.6 cm³/mol. The summed E-state index contributed by atoms with van der Waals surface area (Å²) in [6.07, 6.45) is 0.288. The minimum Gasteiger partial charge on any atom is -0.383 e. The van der Waals surface area contributed by atoms with E-state index in [1.807, 2.05) is 27.7 Å². The van der Waals surface area contributed by atoms with Crippen LogP contribution in [-0.4, -0.2) is 38.1 Å². The average molecular weight is 244 g/mol. The van der Waals surface area contributed by atoms with Crippen molar-refractivity contribution in [1.29, 1.82) is 0 Å². The van der Waals surface area contributed by atoms with E-state index >= 15 is 0 Å². The number of hydrogen-bond acceptors (Lipinski definition) is 3. The molecule has 0 aliphatic rings. The fourth-order valence-corrected chi connectivity index (χ4v) is 1.19. The molecule has 0 rings (SSSR count). The van der Waals surface area contributed by atoms with Gasteiger partial charge in [0.1, 0.15) is 0 Å². The summed E-state index contributed by atoms with van der Waals surface area (Å²) in [4.78, 5) is 22.9. The van der Waals surface area contributed by atoms with Gasteiger partial charge in [-0.1, -0.05) is 20.8 Å². The fourth-order valence-electron chi connectivity index (χ4n) is 1.19. The molecule has 2 N–H and O–H groups in total. The largest absolute Gasteiger partial charge is 0.383 e. The van der Waals surface area contributed by atoms with Gasteiger partial charge in [-0.3, -0.25) is 9.59 Å². The van der Waals surface area contributed by atoms with Crippen molar-refractivity contribution >= 4 is 11.8 Å². The molecule has 5 heteroatoms. The summed E-state index contributed by atoms with van der Waals surface area (Å²) in [7, 11) is 1.59. The van der Waals surface area contributed by atoms with E-state index < -0.39 is 5.41 Å². The molecule has 0 aliphatic carbocycles. The molecule has 0 bridgehead atoms. The Hall–Kier alpha value is -1.10. The smallest absolute Gasteiger partial charge is 0.225 e. The molecular formula is C12H24N2O3. The molecule has 0 aliphatic heterocycles. The molecule has 0 radical (unpaired) electrons. The Morgan fingerprint density at radius 2 is 1.88 bits per heavy atom. The van der Waals surface area contributed by atoms with Gasteiger partial charge in [-0.15, -0.1) is 0 Å². The lowest BCUT2D eigenvalue weighted by Gasteiger charge is -2.18. The van der Waals surface area contributed by atoms with Crippen LogP contribution in [0.15, 0.2) is 0 Å². The second-order valence-corrected chi connectivity index (χ2v) is 5.18. The van der Waals surface area contributed by atoms with E-state index in [1.165, 1.54) is 0 Å². The van der Waals surface area contributed by atoms with Crippen LogP contribution in [0.25, 0.3) is 0 Å².